The topological polar surface area (TPSA) is 6.48 Å². The molecule has 2 heteroatoms. The van der Waals surface area contributed by atoms with Crippen LogP contribution in [0.15, 0.2) is 36.4 Å². The fraction of sp³-hybridized carbons (Fsp3) is 0.538. The van der Waals surface area contributed by atoms with Crippen LogP contribution >= 0.6 is 0 Å². The number of anilines is 2. The van der Waals surface area contributed by atoms with Gasteiger partial charge in [0.05, 0.1) is 6.67 Å². The zero-order chi connectivity index (χ0) is 20.4. The SMILES string of the molecule is CCc1cccc(C(C)C)c1N1CCN(c2c(C(C)C)cccc2C(C)C)C1. The summed E-state index contributed by atoms with van der Waals surface area (Å²) >= 11 is 0. The Morgan fingerprint density at radius 1 is 0.679 bits per heavy atom. The van der Waals surface area contributed by atoms with E-state index in [1.54, 1.807) is 0 Å². The van der Waals surface area contributed by atoms with Crippen LogP contribution in [0, 0.1) is 0 Å². The standard InChI is InChI=1S/C26H38N2/c1-8-21-11-9-12-22(18(2)3)25(21)27-15-16-28(17-27)26-23(19(4)5)13-10-14-24(26)20(6)7/h9-14,18-20H,8,15-17H2,1-7H3. The average molecular weight is 379 g/mol. The molecule has 1 heterocycles. The van der Waals surface area contributed by atoms with Crippen molar-refractivity contribution in [3.05, 3.63) is 58.7 Å². The summed E-state index contributed by atoms with van der Waals surface area (Å²) in [6.45, 7) is 19.4. The molecule has 2 aromatic rings. The van der Waals surface area contributed by atoms with E-state index < -0.39 is 0 Å². The van der Waals surface area contributed by atoms with Gasteiger partial charge in [0.15, 0.2) is 0 Å². The summed E-state index contributed by atoms with van der Waals surface area (Å²) in [5.74, 6) is 1.62. The number of hydrogen-bond acceptors (Lipinski definition) is 2. The van der Waals surface area contributed by atoms with Gasteiger partial charge in [-0.15, -0.1) is 0 Å². The van der Waals surface area contributed by atoms with Crippen molar-refractivity contribution in [2.24, 2.45) is 0 Å². The summed E-state index contributed by atoms with van der Waals surface area (Å²) in [4.78, 5) is 5.25. The fourth-order valence-corrected chi connectivity index (χ4v) is 4.58. The highest BCUT2D eigenvalue weighted by atomic mass is 15.4. The molecular weight excluding hydrogens is 340 g/mol. The van der Waals surface area contributed by atoms with E-state index in [4.69, 9.17) is 0 Å². The molecule has 1 saturated heterocycles. The molecule has 0 spiro atoms. The zero-order valence-electron chi connectivity index (χ0n) is 18.9. The van der Waals surface area contributed by atoms with Gasteiger partial charge in [-0.25, -0.2) is 0 Å². The molecule has 152 valence electrons. The van der Waals surface area contributed by atoms with Crippen LogP contribution in [0.25, 0.3) is 0 Å². The smallest absolute Gasteiger partial charge is 0.0904 e. The van der Waals surface area contributed by atoms with Gasteiger partial charge in [-0.05, 0) is 46.4 Å². The van der Waals surface area contributed by atoms with Crippen molar-refractivity contribution in [1.82, 2.24) is 0 Å². The van der Waals surface area contributed by atoms with Crippen LogP contribution in [-0.4, -0.2) is 19.8 Å². The number of nitrogens with zero attached hydrogens (tertiary/aromatic N) is 2. The third-order valence-corrected chi connectivity index (χ3v) is 6.11. The van der Waals surface area contributed by atoms with E-state index in [2.05, 4.69) is 94.7 Å². The maximum absolute atomic E-state index is 2.63. The zero-order valence-corrected chi connectivity index (χ0v) is 18.9. The third-order valence-electron chi connectivity index (χ3n) is 6.11. The highest BCUT2D eigenvalue weighted by Crippen LogP contribution is 2.39. The minimum Gasteiger partial charge on any atom is -0.352 e. The molecule has 28 heavy (non-hydrogen) atoms. The van der Waals surface area contributed by atoms with E-state index in [0.29, 0.717) is 17.8 Å². The minimum atomic E-state index is 0.539. The molecule has 1 fully saturated rings. The Morgan fingerprint density at radius 3 is 1.57 bits per heavy atom. The van der Waals surface area contributed by atoms with Gasteiger partial charge < -0.3 is 9.80 Å². The van der Waals surface area contributed by atoms with Gasteiger partial charge in [-0.1, -0.05) is 84.9 Å². The first-order chi connectivity index (χ1) is 13.3. The summed E-state index contributed by atoms with van der Waals surface area (Å²) in [6.07, 6.45) is 1.09. The van der Waals surface area contributed by atoms with E-state index in [9.17, 15) is 0 Å². The van der Waals surface area contributed by atoms with Crippen LogP contribution in [0.4, 0.5) is 11.4 Å². The molecule has 1 aliphatic heterocycles. The number of aryl methyl sites for hydroxylation is 1. The average Bonchev–Trinajstić information content (AvgIpc) is 3.15. The maximum atomic E-state index is 2.63. The first-order valence-corrected chi connectivity index (χ1v) is 11.1. The third kappa shape index (κ3) is 3.92. The molecule has 0 amide bonds. The van der Waals surface area contributed by atoms with Crippen molar-refractivity contribution in [2.45, 2.75) is 72.6 Å². The lowest BCUT2D eigenvalue weighted by molar-refractivity contribution is 0.805. The molecule has 0 unspecified atom stereocenters. The van der Waals surface area contributed by atoms with Crippen LogP contribution in [0.2, 0.25) is 0 Å². The number of rotatable bonds is 6. The fourth-order valence-electron chi connectivity index (χ4n) is 4.58. The van der Waals surface area contributed by atoms with E-state index in [1.165, 1.54) is 33.6 Å². The van der Waals surface area contributed by atoms with E-state index >= 15 is 0 Å². The molecule has 0 aliphatic carbocycles. The highest BCUT2D eigenvalue weighted by Gasteiger charge is 2.28. The summed E-state index contributed by atoms with van der Waals surface area (Å²) in [6, 6.07) is 13.8. The number of para-hydroxylation sites is 2. The van der Waals surface area contributed by atoms with Crippen molar-refractivity contribution in [3.8, 4) is 0 Å². The molecule has 0 aromatic heterocycles. The van der Waals surface area contributed by atoms with Crippen LogP contribution in [0.3, 0.4) is 0 Å². The van der Waals surface area contributed by atoms with Crippen molar-refractivity contribution >= 4 is 11.4 Å². The molecule has 0 atom stereocenters. The van der Waals surface area contributed by atoms with Crippen LogP contribution in [0.5, 0.6) is 0 Å². The van der Waals surface area contributed by atoms with E-state index in [0.717, 1.165) is 26.2 Å². The van der Waals surface area contributed by atoms with Gasteiger partial charge in [0, 0.05) is 24.5 Å². The van der Waals surface area contributed by atoms with Gasteiger partial charge in [0.2, 0.25) is 0 Å². The number of benzene rings is 2. The lowest BCUT2D eigenvalue weighted by Gasteiger charge is -2.30. The first kappa shape index (κ1) is 20.8. The summed E-state index contributed by atoms with van der Waals surface area (Å²) in [5.41, 5.74) is 8.91. The second kappa shape index (κ2) is 8.59. The largest absolute Gasteiger partial charge is 0.352 e. The Bertz CT molecular complexity index is 778. The highest BCUT2D eigenvalue weighted by molar-refractivity contribution is 5.67. The molecule has 1 aliphatic rings. The lowest BCUT2D eigenvalue weighted by atomic mass is 9.92. The molecule has 2 aromatic carbocycles. The molecule has 0 bridgehead atoms. The predicted molar refractivity (Wildman–Crippen MR) is 124 cm³/mol. The van der Waals surface area contributed by atoms with Gasteiger partial charge in [-0.3, -0.25) is 0 Å². The van der Waals surface area contributed by atoms with Crippen molar-refractivity contribution < 1.29 is 0 Å². The number of hydrogen-bond donors (Lipinski definition) is 0. The summed E-state index contributed by atoms with van der Waals surface area (Å²) in [7, 11) is 0. The molecule has 0 N–H and O–H groups in total. The minimum absolute atomic E-state index is 0.539. The Labute approximate surface area is 172 Å². The molecule has 0 radical (unpaired) electrons. The van der Waals surface area contributed by atoms with Gasteiger partial charge in [0.1, 0.15) is 0 Å². The molecular formula is C26H38N2. The van der Waals surface area contributed by atoms with Gasteiger partial charge in [-0.2, -0.15) is 0 Å². The Balaban J connectivity index is 2.01. The second-order valence-electron chi connectivity index (χ2n) is 9.13. The lowest BCUT2D eigenvalue weighted by Crippen LogP contribution is -2.28. The van der Waals surface area contributed by atoms with Crippen LogP contribution in [0.1, 0.15) is 88.5 Å². The Hall–Kier alpha value is -1.96. The van der Waals surface area contributed by atoms with Crippen molar-refractivity contribution in [1.29, 1.82) is 0 Å². The summed E-state index contributed by atoms with van der Waals surface area (Å²) < 4.78 is 0. The van der Waals surface area contributed by atoms with Crippen LogP contribution in [-0.2, 0) is 6.42 Å². The van der Waals surface area contributed by atoms with Crippen molar-refractivity contribution in [3.63, 3.8) is 0 Å². The van der Waals surface area contributed by atoms with Crippen molar-refractivity contribution in [2.75, 3.05) is 29.6 Å². The Morgan fingerprint density at radius 2 is 1.11 bits per heavy atom. The normalized spacial score (nSPS) is 14.8. The summed E-state index contributed by atoms with van der Waals surface area (Å²) in [5, 5.41) is 0. The quantitative estimate of drug-likeness (QED) is 0.539. The van der Waals surface area contributed by atoms with E-state index in [1.807, 2.05) is 0 Å². The molecule has 0 saturated carbocycles. The molecule has 3 rings (SSSR count). The first-order valence-electron chi connectivity index (χ1n) is 11.1. The van der Waals surface area contributed by atoms with Gasteiger partial charge in [0.25, 0.3) is 0 Å². The predicted octanol–water partition coefficient (Wildman–Crippen LogP) is 6.90. The monoisotopic (exact) mass is 378 g/mol. The van der Waals surface area contributed by atoms with Crippen LogP contribution < -0.4 is 9.80 Å². The Kier molecular flexibility index (Phi) is 6.37. The van der Waals surface area contributed by atoms with E-state index in [-0.39, 0.29) is 0 Å². The molecule has 2 nitrogen and oxygen atoms in total. The van der Waals surface area contributed by atoms with Gasteiger partial charge >= 0.3 is 0 Å². The maximum Gasteiger partial charge on any atom is 0.0904 e. The second-order valence-corrected chi connectivity index (χ2v) is 9.13.